The molecule has 0 atom stereocenters. The highest BCUT2D eigenvalue weighted by molar-refractivity contribution is 7.22. The topological polar surface area (TPSA) is 90.7 Å². The number of nitriles is 1. The highest BCUT2D eigenvalue weighted by Gasteiger charge is 2.11. The van der Waals surface area contributed by atoms with Gasteiger partial charge in [-0.2, -0.15) is 5.26 Å². The molecule has 3 aromatic rings. The van der Waals surface area contributed by atoms with Crippen LogP contribution in [0.2, 0.25) is 10.2 Å². The van der Waals surface area contributed by atoms with E-state index >= 15 is 0 Å². The molecule has 0 saturated heterocycles. The number of anilines is 2. The normalized spacial score (nSPS) is 10.3. The molecule has 3 rings (SSSR count). The van der Waals surface area contributed by atoms with Crippen LogP contribution in [0.3, 0.4) is 0 Å². The molecule has 0 aliphatic rings. The van der Waals surface area contributed by atoms with Gasteiger partial charge in [-0.3, -0.25) is 5.32 Å². The molecule has 2 aromatic heterocycles. The van der Waals surface area contributed by atoms with E-state index in [2.05, 4.69) is 20.6 Å². The standard InChI is InChI=1S/C14H7Cl2N5OS/c15-8-2-1-7(6-17)5-10(8)18-13(22)21-14-19-9-3-4-11(16)20-12(9)23-14/h1-5H,(H2,18,19,21,22). The number of nitrogens with one attached hydrogen (secondary N) is 2. The van der Waals surface area contributed by atoms with Crippen molar-refractivity contribution < 1.29 is 4.79 Å². The Hall–Kier alpha value is -2.40. The number of fused-ring (bicyclic) bond motifs is 1. The lowest BCUT2D eigenvalue weighted by Crippen LogP contribution is -2.19. The molecule has 1 aromatic carbocycles. The van der Waals surface area contributed by atoms with Crippen LogP contribution in [0.15, 0.2) is 30.3 Å². The van der Waals surface area contributed by atoms with E-state index in [4.69, 9.17) is 28.5 Å². The molecule has 0 aliphatic heterocycles. The van der Waals surface area contributed by atoms with Crippen molar-refractivity contribution in [3.8, 4) is 6.07 Å². The van der Waals surface area contributed by atoms with Crippen LogP contribution in [0.25, 0.3) is 10.3 Å². The van der Waals surface area contributed by atoms with E-state index in [1.165, 1.54) is 17.4 Å². The minimum Gasteiger partial charge on any atom is -0.306 e. The first-order valence-corrected chi connectivity index (χ1v) is 7.83. The zero-order valence-corrected chi connectivity index (χ0v) is 13.6. The van der Waals surface area contributed by atoms with Gasteiger partial charge in [-0.25, -0.2) is 14.8 Å². The van der Waals surface area contributed by atoms with Crippen LogP contribution in [0.5, 0.6) is 0 Å². The first-order chi connectivity index (χ1) is 11.0. The zero-order valence-electron chi connectivity index (χ0n) is 11.3. The minimum absolute atomic E-state index is 0.330. The Balaban J connectivity index is 1.77. The van der Waals surface area contributed by atoms with Gasteiger partial charge >= 0.3 is 6.03 Å². The van der Waals surface area contributed by atoms with E-state index < -0.39 is 6.03 Å². The first kappa shape index (κ1) is 15.5. The van der Waals surface area contributed by atoms with Crippen molar-refractivity contribution in [2.75, 3.05) is 10.6 Å². The van der Waals surface area contributed by atoms with Gasteiger partial charge in [0.1, 0.15) is 15.5 Å². The maximum absolute atomic E-state index is 12.0. The summed E-state index contributed by atoms with van der Waals surface area (Å²) >= 11 is 13.0. The molecule has 2 heterocycles. The van der Waals surface area contributed by atoms with Gasteiger partial charge in [-0.15, -0.1) is 0 Å². The molecule has 23 heavy (non-hydrogen) atoms. The average molecular weight is 364 g/mol. The van der Waals surface area contributed by atoms with Crippen LogP contribution in [0.4, 0.5) is 15.6 Å². The fraction of sp³-hybridized carbons (Fsp3) is 0. The number of amides is 2. The summed E-state index contributed by atoms with van der Waals surface area (Å²) in [5, 5.41) is 15.1. The summed E-state index contributed by atoms with van der Waals surface area (Å²) in [6, 6.07) is 9.40. The molecule has 0 bridgehead atoms. The summed E-state index contributed by atoms with van der Waals surface area (Å²) < 4.78 is 0. The summed E-state index contributed by atoms with van der Waals surface area (Å²) in [4.78, 5) is 21.0. The predicted octanol–water partition coefficient (Wildman–Crippen LogP) is 4.51. The molecule has 0 saturated carbocycles. The van der Waals surface area contributed by atoms with Crippen LogP contribution >= 0.6 is 34.5 Å². The predicted molar refractivity (Wildman–Crippen MR) is 91.2 cm³/mol. The molecule has 0 aliphatic carbocycles. The lowest BCUT2D eigenvalue weighted by atomic mass is 10.2. The monoisotopic (exact) mass is 363 g/mol. The van der Waals surface area contributed by atoms with Gasteiger partial charge < -0.3 is 5.32 Å². The number of hydrogen-bond acceptors (Lipinski definition) is 5. The fourth-order valence-corrected chi connectivity index (χ4v) is 2.98. The second-order valence-corrected chi connectivity index (χ2v) is 6.13. The summed E-state index contributed by atoms with van der Waals surface area (Å²) in [5.74, 6) is 0. The largest absolute Gasteiger partial charge is 0.325 e. The molecule has 0 fully saturated rings. The van der Waals surface area contributed by atoms with Gasteiger partial charge in [0.05, 0.1) is 22.3 Å². The number of benzene rings is 1. The van der Waals surface area contributed by atoms with Gasteiger partial charge in [-0.1, -0.05) is 34.5 Å². The molecular weight excluding hydrogens is 357 g/mol. The first-order valence-electron chi connectivity index (χ1n) is 6.26. The van der Waals surface area contributed by atoms with E-state index in [1.807, 2.05) is 6.07 Å². The van der Waals surface area contributed by atoms with Crippen molar-refractivity contribution in [3.05, 3.63) is 46.1 Å². The molecule has 9 heteroatoms. The van der Waals surface area contributed by atoms with Gasteiger partial charge in [0.15, 0.2) is 5.13 Å². The summed E-state index contributed by atoms with van der Waals surface area (Å²) in [5.41, 5.74) is 1.37. The molecule has 0 spiro atoms. The number of halogens is 2. The number of aromatic nitrogens is 2. The quantitative estimate of drug-likeness (QED) is 0.655. The zero-order chi connectivity index (χ0) is 16.4. The number of carbonyl (C=O) groups excluding carboxylic acids is 1. The number of pyridine rings is 1. The number of hydrogen-bond donors (Lipinski definition) is 2. The number of thiazole rings is 1. The Labute approximate surface area is 144 Å². The lowest BCUT2D eigenvalue weighted by Gasteiger charge is -2.07. The van der Waals surface area contributed by atoms with Crippen LogP contribution in [0.1, 0.15) is 5.56 Å². The molecule has 0 radical (unpaired) electrons. The summed E-state index contributed by atoms with van der Waals surface area (Å²) in [6.07, 6.45) is 0. The van der Waals surface area contributed by atoms with Gasteiger partial charge in [0, 0.05) is 0 Å². The lowest BCUT2D eigenvalue weighted by molar-refractivity contribution is 0.262. The van der Waals surface area contributed by atoms with Gasteiger partial charge in [0.2, 0.25) is 0 Å². The molecule has 0 unspecified atom stereocenters. The van der Waals surface area contributed by atoms with Crippen molar-refractivity contribution in [1.82, 2.24) is 9.97 Å². The van der Waals surface area contributed by atoms with Crippen LogP contribution in [0, 0.1) is 11.3 Å². The van der Waals surface area contributed by atoms with Crippen molar-refractivity contribution >= 4 is 61.7 Å². The Bertz CT molecular complexity index is 950. The van der Waals surface area contributed by atoms with Crippen molar-refractivity contribution in [3.63, 3.8) is 0 Å². The molecule has 114 valence electrons. The third-order valence-corrected chi connectivity index (χ3v) is 4.21. The van der Waals surface area contributed by atoms with E-state index in [0.717, 1.165) is 0 Å². The average Bonchev–Trinajstić information content (AvgIpc) is 2.90. The molecule has 6 nitrogen and oxygen atoms in total. The SMILES string of the molecule is N#Cc1ccc(Cl)c(NC(=O)Nc2nc3ccc(Cl)nc3s2)c1. The minimum atomic E-state index is -0.521. The summed E-state index contributed by atoms with van der Waals surface area (Å²) in [7, 11) is 0. The Morgan fingerprint density at radius 3 is 2.78 bits per heavy atom. The maximum Gasteiger partial charge on any atom is 0.325 e. The van der Waals surface area contributed by atoms with E-state index in [-0.39, 0.29) is 0 Å². The summed E-state index contributed by atoms with van der Waals surface area (Å²) in [6.45, 7) is 0. The Morgan fingerprint density at radius 1 is 1.17 bits per heavy atom. The Kier molecular flexibility index (Phi) is 4.30. The molecule has 2 amide bonds. The van der Waals surface area contributed by atoms with E-state index in [1.54, 1.807) is 24.3 Å². The van der Waals surface area contributed by atoms with Crippen molar-refractivity contribution in [2.45, 2.75) is 0 Å². The number of urea groups is 1. The fourth-order valence-electron chi connectivity index (χ4n) is 1.79. The van der Waals surface area contributed by atoms with Gasteiger partial charge in [-0.05, 0) is 30.3 Å². The second kappa shape index (κ2) is 6.38. The van der Waals surface area contributed by atoms with Crippen LogP contribution in [-0.4, -0.2) is 16.0 Å². The smallest absolute Gasteiger partial charge is 0.306 e. The highest BCUT2D eigenvalue weighted by Crippen LogP contribution is 2.26. The number of carbonyl (C=O) groups is 1. The third-order valence-electron chi connectivity index (χ3n) is 2.79. The van der Waals surface area contributed by atoms with Crippen LogP contribution < -0.4 is 10.6 Å². The molecular formula is C14H7Cl2N5OS. The van der Waals surface area contributed by atoms with Crippen molar-refractivity contribution in [1.29, 1.82) is 5.26 Å². The van der Waals surface area contributed by atoms with E-state index in [9.17, 15) is 4.79 Å². The second-order valence-electron chi connectivity index (χ2n) is 4.36. The third kappa shape index (κ3) is 3.51. The highest BCUT2D eigenvalue weighted by atomic mass is 35.5. The Morgan fingerprint density at radius 2 is 2.00 bits per heavy atom. The van der Waals surface area contributed by atoms with Crippen LogP contribution in [-0.2, 0) is 0 Å². The maximum atomic E-state index is 12.0. The van der Waals surface area contributed by atoms with Gasteiger partial charge in [0.25, 0.3) is 0 Å². The number of rotatable bonds is 2. The molecule has 2 N–H and O–H groups in total. The number of nitrogens with zero attached hydrogens (tertiary/aromatic N) is 3. The van der Waals surface area contributed by atoms with E-state index in [0.29, 0.717) is 36.9 Å². The van der Waals surface area contributed by atoms with Crippen molar-refractivity contribution in [2.24, 2.45) is 0 Å².